The molecule has 45 heavy (non-hydrogen) atoms. The fourth-order valence-corrected chi connectivity index (χ4v) is 4.63. The summed E-state index contributed by atoms with van der Waals surface area (Å²) in [6.07, 6.45) is -2.15. The fourth-order valence-electron chi connectivity index (χ4n) is 4.63. The first-order chi connectivity index (χ1) is 21.1. The number of carbonyl (C=O) groups is 2. The normalized spacial score (nSPS) is 13.4. The van der Waals surface area contributed by atoms with E-state index in [2.05, 4.69) is 24.7 Å². The van der Waals surface area contributed by atoms with Crippen molar-refractivity contribution in [2.45, 2.75) is 44.8 Å². The van der Waals surface area contributed by atoms with Gasteiger partial charge in [0.05, 0.1) is 41.4 Å². The number of quaternary nitrogens is 2. The highest BCUT2D eigenvalue weighted by atomic mass is 16.6. The third-order valence-corrected chi connectivity index (χ3v) is 6.92. The van der Waals surface area contributed by atoms with E-state index in [1.54, 1.807) is 28.2 Å². The smallest absolute Gasteiger partial charge is 0.451 e. The topological polar surface area (TPSA) is 156 Å². The molecular weight excluding hydrogens is 584 g/mol. The van der Waals surface area contributed by atoms with Gasteiger partial charge in [-0.2, -0.15) is 10.9 Å². The van der Waals surface area contributed by atoms with Gasteiger partial charge in [0.2, 0.25) is 0 Å². The van der Waals surface area contributed by atoms with Crippen molar-refractivity contribution in [3.05, 3.63) is 59.7 Å². The molecule has 2 amide bonds. The average molecular weight is 637 g/mol. The minimum absolute atomic E-state index is 0.0293. The largest absolute Gasteiger partial charge is 0.491 e. The zero-order chi connectivity index (χ0) is 33.7. The zero-order valence-electron chi connectivity index (χ0n) is 27.6. The maximum absolute atomic E-state index is 11.9. The van der Waals surface area contributed by atoms with Gasteiger partial charge in [-0.15, -0.1) is 0 Å². The van der Waals surface area contributed by atoms with E-state index in [0.717, 1.165) is 17.5 Å². The molecule has 0 aromatic heterocycles. The third-order valence-electron chi connectivity index (χ3n) is 6.92. The lowest BCUT2D eigenvalue weighted by Crippen LogP contribution is -2.58. The number of amides is 2. The van der Waals surface area contributed by atoms with Gasteiger partial charge in [0.25, 0.3) is 0 Å². The van der Waals surface area contributed by atoms with E-state index in [9.17, 15) is 19.8 Å². The van der Waals surface area contributed by atoms with Crippen molar-refractivity contribution in [1.29, 1.82) is 0 Å². The Kier molecular flexibility index (Phi) is 14.3. The van der Waals surface area contributed by atoms with Crippen LogP contribution in [0.4, 0.5) is 9.59 Å². The molecule has 0 spiro atoms. The molecule has 5 N–H and O–H groups in total. The Morgan fingerprint density at radius 1 is 0.733 bits per heavy atom. The lowest BCUT2D eigenvalue weighted by atomic mass is 9.78. The summed E-state index contributed by atoms with van der Waals surface area (Å²) in [6, 6.07) is 15.4. The van der Waals surface area contributed by atoms with E-state index in [4.69, 9.17) is 24.1 Å². The molecule has 0 aliphatic rings. The van der Waals surface area contributed by atoms with Crippen LogP contribution in [0.2, 0.25) is 0 Å². The molecule has 252 valence electrons. The summed E-state index contributed by atoms with van der Waals surface area (Å²) >= 11 is 0. The number of likely N-dealkylation sites (N-methyl/N-ethyl adjacent to an activating group) is 2. The number of carbonyl (C=O) groups excluding carboxylic acids is 2. The van der Waals surface area contributed by atoms with Crippen LogP contribution >= 0.6 is 0 Å². The van der Waals surface area contributed by atoms with Gasteiger partial charge in [-0.3, -0.25) is 0 Å². The standard InChI is InChI=1S/C32H50N4O9/c1-8-18-42-30(40)33-35(4,5)20-26(38)22-44-28-13-9-24(10-14-28)32(2,3)25-11-15-29(16-12-25)45-23-27(39)21-36(6,7)34-31(41)43-19-17-37/h9-16,26-27,37-39H,8,17-23H2,1-7H3/p+2. The van der Waals surface area contributed by atoms with Crippen LogP contribution < -0.4 is 20.3 Å². The first-order valence-corrected chi connectivity index (χ1v) is 15.1. The maximum atomic E-state index is 11.9. The fraction of sp³-hybridized carbons (Fsp3) is 0.562. The van der Waals surface area contributed by atoms with Crippen LogP contribution in [0.25, 0.3) is 0 Å². The van der Waals surface area contributed by atoms with E-state index in [1.165, 1.54) is 0 Å². The second-order valence-corrected chi connectivity index (χ2v) is 12.6. The molecule has 0 saturated carbocycles. The lowest BCUT2D eigenvalue weighted by Gasteiger charge is -2.30. The van der Waals surface area contributed by atoms with Gasteiger partial charge in [0.15, 0.2) is 0 Å². The Balaban J connectivity index is 1.87. The van der Waals surface area contributed by atoms with Crippen molar-refractivity contribution < 1.29 is 53.0 Å². The molecule has 2 aromatic carbocycles. The summed E-state index contributed by atoms with van der Waals surface area (Å²) in [5.74, 6) is 1.22. The van der Waals surface area contributed by atoms with Gasteiger partial charge in [0, 0.05) is 5.41 Å². The summed E-state index contributed by atoms with van der Waals surface area (Å²) in [6.45, 7) is 6.63. The third kappa shape index (κ3) is 13.5. The Bertz CT molecular complexity index is 1100. The van der Waals surface area contributed by atoms with Crippen LogP contribution in [-0.4, -0.2) is 123 Å². The Morgan fingerprint density at radius 2 is 1.11 bits per heavy atom. The van der Waals surface area contributed by atoms with E-state index in [-0.39, 0.29) is 54.1 Å². The molecule has 0 bridgehead atoms. The first kappa shape index (κ1) is 37.6. The summed E-state index contributed by atoms with van der Waals surface area (Å²) in [5, 5.41) is 29.7. The zero-order valence-corrected chi connectivity index (χ0v) is 27.6. The molecule has 0 aliphatic carbocycles. The molecule has 2 unspecified atom stereocenters. The van der Waals surface area contributed by atoms with Crippen molar-refractivity contribution in [3.8, 4) is 11.5 Å². The van der Waals surface area contributed by atoms with Crippen molar-refractivity contribution in [1.82, 2.24) is 10.9 Å². The van der Waals surface area contributed by atoms with E-state index < -0.39 is 24.4 Å². The molecule has 0 heterocycles. The molecule has 13 heteroatoms. The number of ether oxygens (including phenoxy) is 4. The maximum Gasteiger partial charge on any atom is 0.451 e. The second-order valence-electron chi connectivity index (χ2n) is 12.6. The Hall–Kier alpha value is -3.62. The van der Waals surface area contributed by atoms with Crippen molar-refractivity contribution >= 4 is 12.2 Å². The molecule has 0 aliphatic heterocycles. The van der Waals surface area contributed by atoms with Gasteiger partial charge < -0.3 is 34.3 Å². The first-order valence-electron chi connectivity index (χ1n) is 15.1. The molecular formula is C32H52N4O9+2. The molecule has 0 radical (unpaired) electrons. The van der Waals surface area contributed by atoms with Gasteiger partial charge in [-0.1, -0.05) is 45.0 Å². The minimum Gasteiger partial charge on any atom is -0.491 e. The summed E-state index contributed by atoms with van der Waals surface area (Å²) in [7, 11) is 6.94. The van der Waals surface area contributed by atoms with Gasteiger partial charge in [-0.25, -0.2) is 18.8 Å². The summed E-state index contributed by atoms with van der Waals surface area (Å²) < 4.78 is 21.5. The number of hydrogen-bond donors (Lipinski definition) is 5. The van der Waals surface area contributed by atoms with Gasteiger partial charge in [-0.05, 0) is 41.8 Å². The van der Waals surface area contributed by atoms with E-state index in [0.29, 0.717) is 18.1 Å². The highest BCUT2D eigenvalue weighted by molar-refractivity contribution is 5.66. The highest BCUT2D eigenvalue weighted by Crippen LogP contribution is 2.33. The predicted octanol–water partition coefficient (Wildman–Crippen LogP) is 2.33. The summed E-state index contributed by atoms with van der Waals surface area (Å²) in [4.78, 5) is 23.6. The molecule has 13 nitrogen and oxygen atoms in total. The number of hydrogen-bond acceptors (Lipinski definition) is 9. The second kappa shape index (κ2) is 17.2. The van der Waals surface area contributed by atoms with Crippen molar-refractivity contribution in [2.24, 2.45) is 0 Å². The van der Waals surface area contributed by atoms with Gasteiger partial charge >= 0.3 is 12.2 Å². The van der Waals surface area contributed by atoms with Crippen molar-refractivity contribution in [3.63, 3.8) is 0 Å². The van der Waals surface area contributed by atoms with Crippen LogP contribution in [-0.2, 0) is 14.9 Å². The van der Waals surface area contributed by atoms with E-state index in [1.807, 2.05) is 55.5 Å². The SMILES string of the molecule is CCCOC(=O)N[N+](C)(C)CC(O)COc1ccc(C(C)(C)c2ccc(OCC(O)C[N+](C)(C)NC(=O)OCCO)cc2)cc1. The Labute approximate surface area is 266 Å². The Morgan fingerprint density at radius 3 is 1.47 bits per heavy atom. The van der Waals surface area contributed by atoms with Crippen LogP contribution in [0.1, 0.15) is 38.3 Å². The van der Waals surface area contributed by atoms with Crippen LogP contribution in [0.5, 0.6) is 11.5 Å². The van der Waals surface area contributed by atoms with Crippen molar-refractivity contribution in [2.75, 3.05) is 74.3 Å². The molecule has 2 atom stereocenters. The number of benzene rings is 2. The summed E-state index contributed by atoms with van der Waals surface area (Å²) in [5.41, 5.74) is 7.12. The highest BCUT2D eigenvalue weighted by Gasteiger charge is 2.27. The quantitative estimate of drug-likeness (QED) is 0.122. The number of rotatable bonds is 18. The monoisotopic (exact) mass is 636 g/mol. The lowest BCUT2D eigenvalue weighted by molar-refractivity contribution is -0.928. The number of nitrogens with zero attached hydrogens (tertiary/aromatic N) is 2. The van der Waals surface area contributed by atoms with Crippen LogP contribution in [0, 0.1) is 0 Å². The van der Waals surface area contributed by atoms with Crippen LogP contribution in [0.3, 0.4) is 0 Å². The van der Waals surface area contributed by atoms with E-state index >= 15 is 0 Å². The van der Waals surface area contributed by atoms with Crippen LogP contribution in [0.15, 0.2) is 48.5 Å². The number of aliphatic hydroxyl groups excluding tert-OH is 3. The number of aliphatic hydroxyl groups is 3. The minimum atomic E-state index is -0.854. The molecule has 2 rings (SSSR count). The predicted molar refractivity (Wildman–Crippen MR) is 168 cm³/mol. The average Bonchev–Trinajstić information content (AvgIpc) is 2.96. The number of nitrogens with one attached hydrogen (secondary N) is 2. The van der Waals surface area contributed by atoms with Gasteiger partial charge in [0.1, 0.15) is 56.6 Å². The molecule has 0 saturated heterocycles. The molecule has 0 fully saturated rings. The molecule has 2 aromatic rings.